The number of aromatic hydroxyl groups is 1. The molecule has 5 aromatic carbocycles. The predicted octanol–water partition coefficient (Wildman–Crippen LogP) is 12.4. The predicted molar refractivity (Wildman–Crippen MR) is 208 cm³/mol. The van der Waals surface area contributed by atoms with Crippen molar-refractivity contribution in [3.05, 3.63) is 114 Å². The van der Waals surface area contributed by atoms with Gasteiger partial charge >= 0.3 is 0 Å². The lowest BCUT2D eigenvalue weighted by Crippen LogP contribution is -2.11. The van der Waals surface area contributed by atoms with Crippen molar-refractivity contribution in [2.45, 2.75) is 72.3 Å². The van der Waals surface area contributed by atoms with Gasteiger partial charge in [-0.3, -0.25) is 4.98 Å². The van der Waals surface area contributed by atoms with Crippen LogP contribution in [-0.4, -0.2) is 19.6 Å². The molecule has 8 rings (SSSR count). The number of imidazole rings is 1. The maximum Gasteiger partial charge on any atom is 0.145 e. The highest BCUT2D eigenvalue weighted by atomic mass is 16.3. The third kappa shape index (κ3) is 5.15. The van der Waals surface area contributed by atoms with Crippen LogP contribution in [0.2, 0.25) is 0 Å². The largest absolute Gasteiger partial charge is 0.507 e. The zero-order valence-corrected chi connectivity index (χ0v) is 30.1. The highest BCUT2D eigenvalue weighted by Crippen LogP contribution is 2.43. The van der Waals surface area contributed by atoms with Crippen molar-refractivity contribution in [1.29, 1.82) is 0 Å². The highest BCUT2D eigenvalue weighted by molar-refractivity contribution is 6.18. The Morgan fingerprint density at radius 2 is 1.36 bits per heavy atom. The Labute approximate surface area is 293 Å². The second-order valence-electron chi connectivity index (χ2n) is 15.9. The number of nitrogens with zero attached hydrogens (tertiary/aromatic N) is 3. The number of phenolic OH excluding ortho intramolecular Hbond substituents is 1. The van der Waals surface area contributed by atoms with E-state index >= 15 is 0 Å². The molecule has 3 aromatic heterocycles. The molecule has 250 valence electrons. The lowest BCUT2D eigenvalue weighted by Gasteiger charge is -2.22. The van der Waals surface area contributed by atoms with Gasteiger partial charge in [0, 0.05) is 39.5 Å². The third-order valence-electron chi connectivity index (χ3n) is 9.99. The van der Waals surface area contributed by atoms with Crippen LogP contribution in [0.4, 0.5) is 0 Å². The van der Waals surface area contributed by atoms with E-state index in [2.05, 4.69) is 127 Å². The second kappa shape index (κ2) is 11.3. The Bertz CT molecular complexity index is 2610. The van der Waals surface area contributed by atoms with Crippen molar-refractivity contribution in [1.82, 2.24) is 14.5 Å². The van der Waals surface area contributed by atoms with Gasteiger partial charge in [0.15, 0.2) is 0 Å². The fourth-order valence-electron chi connectivity index (χ4n) is 7.26. The molecular weight excluding hydrogens is 615 g/mol. The molecule has 0 spiro atoms. The summed E-state index contributed by atoms with van der Waals surface area (Å²) in [6.07, 6.45) is 1.86. The molecule has 0 aliphatic carbocycles. The van der Waals surface area contributed by atoms with Crippen molar-refractivity contribution in [2.75, 3.05) is 0 Å². The fraction of sp³-hybridized carbons (Fsp3) is 0.244. The summed E-state index contributed by atoms with van der Waals surface area (Å²) in [5.74, 6) is 1.00. The van der Waals surface area contributed by atoms with Gasteiger partial charge in [-0.1, -0.05) is 90.1 Å². The summed E-state index contributed by atoms with van der Waals surface area (Å²) in [4.78, 5) is 10.3. The van der Waals surface area contributed by atoms with Crippen LogP contribution in [0.25, 0.3) is 77.5 Å². The molecule has 1 N–H and O–H groups in total. The Kier molecular flexibility index (Phi) is 7.20. The minimum atomic E-state index is -0.115. The van der Waals surface area contributed by atoms with Crippen LogP contribution < -0.4 is 0 Å². The minimum Gasteiger partial charge on any atom is -0.507 e. The van der Waals surface area contributed by atoms with Gasteiger partial charge in [-0.25, -0.2) is 4.98 Å². The van der Waals surface area contributed by atoms with E-state index in [1.807, 2.05) is 30.5 Å². The number of pyridine rings is 1. The first kappa shape index (κ1) is 31.8. The van der Waals surface area contributed by atoms with E-state index in [4.69, 9.17) is 14.4 Å². The van der Waals surface area contributed by atoms with Crippen LogP contribution in [0.1, 0.15) is 72.6 Å². The standard InChI is InChI=1S/C45H43N3O2/c1-26(2)48-37-16-11-14-31(41(37)47-43(48)36-24-29(44(3,4)5)18-19-38(36)49)27-21-28(23-30(22-27)45(6,7)8)34-25-35-32-13-9-10-17-39(32)50-42(35)33-15-12-20-46-40(33)34/h9-26,49H,1-8H3. The molecule has 0 unspecified atom stereocenters. The summed E-state index contributed by atoms with van der Waals surface area (Å²) in [5.41, 5.74) is 11.8. The molecule has 3 heterocycles. The molecule has 8 aromatic rings. The van der Waals surface area contributed by atoms with Gasteiger partial charge in [0.1, 0.15) is 22.7 Å². The number of phenols is 1. The average Bonchev–Trinajstić information content (AvgIpc) is 3.66. The van der Waals surface area contributed by atoms with Crippen molar-refractivity contribution in [2.24, 2.45) is 0 Å². The van der Waals surface area contributed by atoms with Gasteiger partial charge in [0.2, 0.25) is 0 Å². The molecule has 0 aliphatic heterocycles. The molecular formula is C45H43N3O2. The van der Waals surface area contributed by atoms with Crippen molar-refractivity contribution >= 4 is 43.9 Å². The number of aromatic nitrogens is 3. The quantitative estimate of drug-likeness (QED) is 0.205. The molecule has 0 atom stereocenters. The SMILES string of the molecule is CC(C)n1c(-c2cc(C(C)(C)C)ccc2O)nc2c(-c3cc(-c4cc5c6ccccc6oc5c5cccnc45)cc(C(C)(C)C)c3)cccc21. The second-order valence-corrected chi connectivity index (χ2v) is 15.9. The monoisotopic (exact) mass is 657 g/mol. The van der Waals surface area contributed by atoms with Crippen LogP contribution >= 0.6 is 0 Å². The molecule has 0 fully saturated rings. The maximum absolute atomic E-state index is 11.2. The van der Waals surface area contributed by atoms with E-state index in [1.54, 1.807) is 6.07 Å². The van der Waals surface area contributed by atoms with Crippen LogP contribution in [0.5, 0.6) is 5.75 Å². The smallest absolute Gasteiger partial charge is 0.145 e. The minimum absolute atomic E-state index is 0.0725. The molecule has 5 nitrogen and oxygen atoms in total. The Morgan fingerprint density at radius 1 is 0.640 bits per heavy atom. The average molecular weight is 658 g/mol. The Hall–Kier alpha value is -5.42. The number of furan rings is 1. The van der Waals surface area contributed by atoms with Crippen molar-refractivity contribution < 1.29 is 9.52 Å². The lowest BCUT2D eigenvalue weighted by molar-refractivity contribution is 0.474. The molecule has 0 radical (unpaired) electrons. The van der Waals surface area contributed by atoms with E-state index < -0.39 is 0 Å². The van der Waals surface area contributed by atoms with E-state index in [0.717, 1.165) is 83.1 Å². The molecule has 50 heavy (non-hydrogen) atoms. The van der Waals surface area contributed by atoms with Gasteiger partial charge in [-0.15, -0.1) is 0 Å². The van der Waals surface area contributed by atoms with Crippen molar-refractivity contribution in [3.63, 3.8) is 0 Å². The van der Waals surface area contributed by atoms with Crippen molar-refractivity contribution in [3.8, 4) is 39.4 Å². The zero-order valence-electron chi connectivity index (χ0n) is 30.1. The van der Waals surface area contributed by atoms with E-state index in [-0.39, 0.29) is 22.6 Å². The third-order valence-corrected chi connectivity index (χ3v) is 9.99. The highest BCUT2D eigenvalue weighted by Gasteiger charge is 2.25. The van der Waals surface area contributed by atoms with Crippen LogP contribution in [0.15, 0.2) is 108 Å². The van der Waals surface area contributed by atoms with E-state index in [1.165, 1.54) is 5.56 Å². The van der Waals surface area contributed by atoms with Crippen LogP contribution in [0.3, 0.4) is 0 Å². The summed E-state index contributed by atoms with van der Waals surface area (Å²) in [6.45, 7) is 17.7. The molecule has 0 bridgehead atoms. The van der Waals surface area contributed by atoms with Gasteiger partial charge in [-0.2, -0.15) is 0 Å². The lowest BCUT2D eigenvalue weighted by atomic mass is 9.82. The first-order valence-corrected chi connectivity index (χ1v) is 17.5. The molecule has 0 aliphatic rings. The summed E-state index contributed by atoms with van der Waals surface area (Å²) < 4.78 is 8.67. The number of hydrogen-bond donors (Lipinski definition) is 1. The summed E-state index contributed by atoms with van der Waals surface area (Å²) >= 11 is 0. The normalized spacial score (nSPS) is 12.7. The van der Waals surface area contributed by atoms with E-state index in [0.29, 0.717) is 0 Å². The molecule has 0 amide bonds. The first-order chi connectivity index (χ1) is 23.8. The Balaban J connectivity index is 1.41. The summed E-state index contributed by atoms with van der Waals surface area (Å²) in [7, 11) is 0. The van der Waals surface area contributed by atoms with Gasteiger partial charge < -0.3 is 14.1 Å². The first-order valence-electron chi connectivity index (χ1n) is 17.5. The number of para-hydroxylation sites is 2. The van der Waals surface area contributed by atoms with E-state index in [9.17, 15) is 5.11 Å². The Morgan fingerprint density at radius 3 is 2.10 bits per heavy atom. The molecule has 5 heteroatoms. The molecule has 0 saturated carbocycles. The topological polar surface area (TPSA) is 64.1 Å². The number of hydrogen-bond acceptors (Lipinski definition) is 4. The van der Waals surface area contributed by atoms with Crippen LogP contribution in [-0.2, 0) is 10.8 Å². The number of benzene rings is 5. The van der Waals surface area contributed by atoms with Gasteiger partial charge in [0.05, 0.1) is 22.1 Å². The fourth-order valence-corrected chi connectivity index (χ4v) is 7.26. The summed E-state index contributed by atoms with van der Waals surface area (Å²) in [6, 6.07) is 33.9. The maximum atomic E-state index is 11.2. The van der Waals surface area contributed by atoms with Gasteiger partial charge in [-0.05, 0) is 95.5 Å². The van der Waals surface area contributed by atoms with Gasteiger partial charge in [0.25, 0.3) is 0 Å². The number of rotatable bonds is 4. The summed E-state index contributed by atoms with van der Waals surface area (Å²) in [5, 5.41) is 14.4. The van der Waals surface area contributed by atoms with Crippen LogP contribution in [0, 0.1) is 0 Å². The molecule has 0 saturated heterocycles. The number of fused-ring (bicyclic) bond motifs is 6. The zero-order chi connectivity index (χ0) is 35.1.